The van der Waals surface area contributed by atoms with Crippen molar-refractivity contribution in [3.63, 3.8) is 0 Å². The summed E-state index contributed by atoms with van der Waals surface area (Å²) in [4.78, 5) is 43.2. The number of benzene rings is 3. The molecular formula is C36H42N2O7. The Morgan fingerprint density at radius 2 is 1.67 bits per heavy atom. The highest BCUT2D eigenvalue weighted by Crippen LogP contribution is 2.55. The molecule has 3 aromatic carbocycles. The molecule has 0 fully saturated rings. The van der Waals surface area contributed by atoms with Crippen molar-refractivity contribution in [2.75, 3.05) is 25.2 Å². The van der Waals surface area contributed by atoms with Crippen LogP contribution in [0.4, 0.5) is 11.4 Å². The molecule has 1 unspecified atom stereocenters. The van der Waals surface area contributed by atoms with Gasteiger partial charge < -0.3 is 23.8 Å². The summed E-state index contributed by atoms with van der Waals surface area (Å²) in [5.41, 5.74) is 1.87. The van der Waals surface area contributed by atoms with Crippen LogP contribution < -0.4 is 14.4 Å². The number of para-hydroxylation sites is 1. The monoisotopic (exact) mass is 614 g/mol. The van der Waals surface area contributed by atoms with Crippen molar-refractivity contribution >= 4 is 46.3 Å². The van der Waals surface area contributed by atoms with Crippen LogP contribution in [-0.2, 0) is 29.3 Å². The van der Waals surface area contributed by atoms with Crippen molar-refractivity contribution in [2.24, 2.45) is 10.9 Å². The topological polar surface area (TPSA) is 104 Å². The number of fused-ring (bicyclic) bond motifs is 4. The first-order valence-electron chi connectivity index (χ1n) is 15.7. The summed E-state index contributed by atoms with van der Waals surface area (Å²) in [5.74, 6) is 0.196. The Kier molecular flexibility index (Phi) is 9.46. The lowest BCUT2D eigenvalue weighted by Gasteiger charge is -2.46. The normalized spacial score (nSPS) is 17.6. The van der Waals surface area contributed by atoms with Gasteiger partial charge in [0.1, 0.15) is 17.2 Å². The van der Waals surface area contributed by atoms with Gasteiger partial charge in [-0.1, -0.05) is 44.2 Å². The maximum atomic E-state index is 12.6. The van der Waals surface area contributed by atoms with Gasteiger partial charge in [0.2, 0.25) is 5.72 Å². The number of aliphatic imine (C=N–C) groups is 1. The van der Waals surface area contributed by atoms with Crippen molar-refractivity contribution in [1.82, 2.24) is 0 Å². The number of anilines is 1. The third-order valence-electron chi connectivity index (χ3n) is 8.56. The lowest BCUT2D eigenvalue weighted by atomic mass is 9.77. The third-order valence-corrected chi connectivity index (χ3v) is 8.56. The molecule has 45 heavy (non-hydrogen) atoms. The van der Waals surface area contributed by atoms with Gasteiger partial charge in [-0.05, 0) is 74.2 Å². The molecule has 2 aliphatic heterocycles. The smallest absolute Gasteiger partial charge is 0.311 e. The van der Waals surface area contributed by atoms with E-state index in [9.17, 15) is 14.4 Å². The third kappa shape index (κ3) is 6.53. The summed E-state index contributed by atoms with van der Waals surface area (Å²) in [5, 5.41) is 1.74. The number of ether oxygens (including phenoxy) is 4. The predicted molar refractivity (Wildman–Crippen MR) is 173 cm³/mol. The van der Waals surface area contributed by atoms with Crippen LogP contribution in [0.25, 0.3) is 10.8 Å². The number of rotatable bonds is 12. The highest BCUT2D eigenvalue weighted by atomic mass is 16.5. The van der Waals surface area contributed by atoms with Crippen molar-refractivity contribution < 1.29 is 33.3 Å². The minimum Gasteiger partial charge on any atom is -0.469 e. The zero-order chi connectivity index (χ0) is 32.2. The maximum absolute atomic E-state index is 12.6. The summed E-state index contributed by atoms with van der Waals surface area (Å²) in [7, 11) is 1.36. The zero-order valence-corrected chi connectivity index (χ0v) is 26.8. The number of nitrogens with zero attached hydrogens (tertiary/aromatic N) is 2. The zero-order valence-electron chi connectivity index (χ0n) is 26.8. The highest BCUT2D eigenvalue weighted by Gasteiger charge is 2.59. The SMILES string of the molecule is COC(=O)CCCCCOC(=O)CCC(=O)Oc1ccc2ccc3c(c2c1)N=CC1(O3)N(CC(C)C)c2ccccc2C1(C)C. The van der Waals surface area contributed by atoms with E-state index in [0.717, 1.165) is 29.4 Å². The van der Waals surface area contributed by atoms with Gasteiger partial charge in [0.05, 0.1) is 38.2 Å². The molecule has 1 atom stereocenters. The Bertz CT molecular complexity index is 1610. The van der Waals surface area contributed by atoms with Crippen molar-refractivity contribution in [2.45, 2.75) is 77.4 Å². The van der Waals surface area contributed by atoms with E-state index in [0.29, 0.717) is 42.4 Å². The number of carbonyl (C=O) groups excluding carboxylic acids is 3. The Morgan fingerprint density at radius 1 is 0.911 bits per heavy atom. The molecule has 3 aromatic rings. The molecular weight excluding hydrogens is 572 g/mol. The molecule has 0 bridgehead atoms. The lowest BCUT2D eigenvalue weighted by molar-refractivity contribution is -0.147. The van der Waals surface area contributed by atoms with Gasteiger partial charge in [0.15, 0.2) is 0 Å². The van der Waals surface area contributed by atoms with Crippen LogP contribution in [0.3, 0.4) is 0 Å². The second kappa shape index (κ2) is 13.3. The average Bonchev–Trinajstić information content (AvgIpc) is 3.19. The van der Waals surface area contributed by atoms with Gasteiger partial charge >= 0.3 is 17.9 Å². The minimum atomic E-state index is -0.802. The second-order valence-electron chi connectivity index (χ2n) is 12.6. The molecule has 0 saturated heterocycles. The quantitative estimate of drug-likeness (QED) is 0.122. The van der Waals surface area contributed by atoms with Crippen LogP contribution in [-0.4, -0.2) is 50.1 Å². The van der Waals surface area contributed by atoms with Gasteiger partial charge in [-0.3, -0.25) is 19.4 Å². The van der Waals surface area contributed by atoms with Gasteiger partial charge in [0.25, 0.3) is 0 Å². The highest BCUT2D eigenvalue weighted by molar-refractivity contribution is 6.00. The van der Waals surface area contributed by atoms with Crippen LogP contribution >= 0.6 is 0 Å². The summed E-state index contributed by atoms with van der Waals surface area (Å²) in [6.07, 6.45) is 4.16. The van der Waals surface area contributed by atoms with Gasteiger partial charge in [-0.2, -0.15) is 0 Å². The van der Waals surface area contributed by atoms with E-state index >= 15 is 0 Å². The first kappa shape index (κ1) is 32.0. The molecule has 0 N–H and O–H groups in total. The lowest BCUT2D eigenvalue weighted by Crippen LogP contribution is -2.62. The molecule has 2 aliphatic rings. The first-order valence-corrected chi connectivity index (χ1v) is 15.7. The minimum absolute atomic E-state index is 0.0742. The fourth-order valence-corrected chi connectivity index (χ4v) is 6.14. The maximum Gasteiger partial charge on any atom is 0.311 e. The van der Waals surface area contributed by atoms with Crippen LogP contribution in [0, 0.1) is 5.92 Å². The first-order chi connectivity index (χ1) is 21.6. The Hall–Kier alpha value is -4.40. The molecule has 0 amide bonds. The van der Waals surface area contributed by atoms with Gasteiger partial charge in [0, 0.05) is 24.0 Å². The van der Waals surface area contributed by atoms with E-state index in [-0.39, 0.29) is 30.8 Å². The van der Waals surface area contributed by atoms with Crippen molar-refractivity contribution in [1.29, 1.82) is 0 Å². The van der Waals surface area contributed by atoms with Gasteiger partial charge in [-0.25, -0.2) is 0 Å². The summed E-state index contributed by atoms with van der Waals surface area (Å²) < 4.78 is 22.4. The van der Waals surface area contributed by atoms with E-state index in [4.69, 9.17) is 19.2 Å². The number of methoxy groups -OCH3 is 1. The average molecular weight is 615 g/mol. The molecule has 9 nitrogen and oxygen atoms in total. The molecule has 0 aliphatic carbocycles. The fraction of sp³-hybridized carbons (Fsp3) is 0.444. The van der Waals surface area contributed by atoms with Crippen LogP contribution in [0.5, 0.6) is 11.5 Å². The molecule has 0 radical (unpaired) electrons. The number of hydrogen-bond donors (Lipinski definition) is 0. The van der Waals surface area contributed by atoms with E-state index in [1.807, 2.05) is 24.4 Å². The number of hydrogen-bond acceptors (Lipinski definition) is 9. The number of unbranched alkanes of at least 4 members (excludes halogenated alkanes) is 2. The second-order valence-corrected chi connectivity index (χ2v) is 12.6. The van der Waals surface area contributed by atoms with Crippen LogP contribution in [0.15, 0.2) is 59.6 Å². The predicted octanol–water partition coefficient (Wildman–Crippen LogP) is 7.05. The molecule has 238 valence electrons. The molecule has 1 spiro atoms. The number of carbonyl (C=O) groups is 3. The largest absolute Gasteiger partial charge is 0.469 e. The molecule has 5 rings (SSSR count). The Balaban J connectivity index is 1.25. The standard InChI is InChI=1S/C36H42N2O7/c1-24(2)22-38-29-12-9-8-11-28(29)35(3,4)36(38)23-37-34-27-21-26(16-14-25(27)15-17-30(34)45-36)44-33(41)19-18-32(40)43-20-10-6-7-13-31(39)42-5/h8-9,11-12,14-17,21,23-24H,6-7,10,13,18-20,22H2,1-5H3. The molecule has 2 heterocycles. The van der Waals surface area contributed by atoms with E-state index in [1.165, 1.54) is 12.7 Å². The Labute approximate surface area is 264 Å². The number of esters is 3. The fourth-order valence-electron chi connectivity index (χ4n) is 6.14. The summed E-state index contributed by atoms with van der Waals surface area (Å²) in [6, 6.07) is 17.8. The van der Waals surface area contributed by atoms with Crippen molar-refractivity contribution in [3.8, 4) is 11.5 Å². The molecule has 9 heteroatoms. The van der Waals surface area contributed by atoms with E-state index < -0.39 is 17.7 Å². The Morgan fingerprint density at radius 3 is 2.44 bits per heavy atom. The molecule has 0 aromatic heterocycles. The summed E-state index contributed by atoms with van der Waals surface area (Å²) >= 11 is 0. The van der Waals surface area contributed by atoms with E-state index in [2.05, 4.69) is 61.6 Å². The molecule has 0 saturated carbocycles. The van der Waals surface area contributed by atoms with Crippen LogP contribution in [0.2, 0.25) is 0 Å². The van der Waals surface area contributed by atoms with E-state index in [1.54, 1.807) is 12.1 Å². The van der Waals surface area contributed by atoms with Gasteiger partial charge in [-0.15, -0.1) is 0 Å². The summed E-state index contributed by atoms with van der Waals surface area (Å²) in [6.45, 7) is 9.85. The van der Waals surface area contributed by atoms with Crippen molar-refractivity contribution in [3.05, 3.63) is 60.2 Å². The van der Waals surface area contributed by atoms with Crippen LogP contribution in [0.1, 0.15) is 71.8 Å².